The van der Waals surface area contributed by atoms with E-state index < -0.39 is 28.6 Å². The first-order valence-electron chi connectivity index (χ1n) is 13.7. The van der Waals surface area contributed by atoms with E-state index >= 15 is 0 Å². The maximum atomic E-state index is 12.7. The van der Waals surface area contributed by atoms with Crippen molar-refractivity contribution >= 4 is 70.3 Å². The Morgan fingerprint density at radius 2 is 1.77 bits per heavy atom. The van der Waals surface area contributed by atoms with E-state index in [2.05, 4.69) is 36.2 Å². The normalized spacial score (nSPS) is 15.8. The molecule has 0 aliphatic carbocycles. The largest absolute Gasteiger partial charge is 0.340 e. The lowest BCUT2D eigenvalue weighted by molar-refractivity contribution is -0.662. The number of nitrogens with zero attached hydrogens (tertiary/aromatic N) is 4. The highest BCUT2D eigenvalue weighted by Crippen LogP contribution is 2.45. The van der Waals surface area contributed by atoms with Gasteiger partial charge in [0, 0.05) is 54.1 Å². The summed E-state index contributed by atoms with van der Waals surface area (Å²) in [5.74, 6) is -3.21. The smallest absolute Gasteiger partial charge is 0.338 e. The Kier molecular flexibility index (Phi) is 8.70. The third-order valence-electron chi connectivity index (χ3n) is 7.66. The topological polar surface area (TPSA) is 114 Å². The highest BCUT2D eigenvalue weighted by molar-refractivity contribution is 8.03. The fourth-order valence-electron chi connectivity index (χ4n) is 5.31. The van der Waals surface area contributed by atoms with Crippen molar-refractivity contribution in [1.82, 2.24) is 5.06 Å². The predicted molar refractivity (Wildman–Crippen MR) is 168 cm³/mol. The average Bonchev–Trinajstić information content (AvgIpc) is 3.50. The van der Waals surface area contributed by atoms with Crippen molar-refractivity contribution in [2.75, 3.05) is 11.9 Å². The number of fused-ring (bicyclic) bond motifs is 2. The number of carbonyl (C=O) groups excluding carboxylic acids is 3. The lowest BCUT2D eigenvalue weighted by Gasteiger charge is -2.16. The molecular weight excluding hydrogens is 604 g/mol. The van der Waals surface area contributed by atoms with Gasteiger partial charge < -0.3 is 9.74 Å². The van der Waals surface area contributed by atoms with Crippen LogP contribution >= 0.6 is 24.2 Å². The zero-order valence-corrected chi connectivity index (χ0v) is 25.5. The van der Waals surface area contributed by atoms with Crippen molar-refractivity contribution in [3.8, 4) is 0 Å². The Morgan fingerprint density at radius 1 is 1.07 bits per heavy atom. The van der Waals surface area contributed by atoms with Crippen molar-refractivity contribution < 1.29 is 28.7 Å². The first-order valence-corrected chi connectivity index (χ1v) is 14.5. The number of imide groups is 1. The van der Waals surface area contributed by atoms with E-state index in [1.807, 2.05) is 47.2 Å². The molecule has 2 aliphatic heterocycles. The number of nitro groups is 1. The summed E-state index contributed by atoms with van der Waals surface area (Å²) in [5, 5.41) is 14.6. The molecule has 0 saturated carbocycles. The van der Waals surface area contributed by atoms with Gasteiger partial charge in [0.25, 0.3) is 17.5 Å². The summed E-state index contributed by atoms with van der Waals surface area (Å²) < 4.78 is 2.03. The van der Waals surface area contributed by atoms with E-state index in [1.165, 1.54) is 29.6 Å². The van der Waals surface area contributed by atoms with Crippen LogP contribution in [-0.2, 0) is 25.8 Å². The second-order valence-electron chi connectivity index (χ2n) is 10.4. The molecule has 0 spiro atoms. The first-order chi connectivity index (χ1) is 20.7. The summed E-state index contributed by atoms with van der Waals surface area (Å²) >= 11 is 1.72. The second-order valence-corrected chi connectivity index (χ2v) is 11.5. The fraction of sp³-hybridized carbons (Fsp3) is 0.188. The number of hydroxylamine groups is 2. The van der Waals surface area contributed by atoms with Crippen molar-refractivity contribution in [3.63, 3.8) is 0 Å². The van der Waals surface area contributed by atoms with Crippen molar-refractivity contribution in [2.45, 2.75) is 37.1 Å². The zero-order chi connectivity index (χ0) is 30.2. The first kappa shape index (κ1) is 30.7. The molecule has 224 valence electrons. The molecule has 2 aliphatic rings. The molecule has 1 aromatic heterocycles. The van der Waals surface area contributed by atoms with Crippen LogP contribution in [0.2, 0.25) is 0 Å². The van der Waals surface area contributed by atoms with E-state index in [4.69, 9.17) is 4.84 Å². The van der Waals surface area contributed by atoms with Crippen LogP contribution in [0.15, 0.2) is 88.9 Å². The Balaban J connectivity index is 0.00000384. The monoisotopic (exact) mass is 631 g/mol. The minimum atomic E-state index is -1.07. The summed E-state index contributed by atoms with van der Waals surface area (Å²) in [6.45, 7) is 1.80. The van der Waals surface area contributed by atoms with Crippen molar-refractivity contribution in [3.05, 3.63) is 111 Å². The molecule has 12 heteroatoms. The summed E-state index contributed by atoms with van der Waals surface area (Å²) in [7, 11) is 2.05. The highest BCUT2D eigenvalue weighted by atomic mass is 35.5. The number of carbonyl (C=O) groups is 3. The Morgan fingerprint density at radius 3 is 2.50 bits per heavy atom. The van der Waals surface area contributed by atoms with Crippen LogP contribution in [0.25, 0.3) is 17.0 Å². The van der Waals surface area contributed by atoms with Gasteiger partial charge in [0.1, 0.15) is 0 Å². The number of nitro benzene ring substituents is 1. The molecule has 4 aromatic rings. The van der Waals surface area contributed by atoms with Crippen LogP contribution in [0.1, 0.15) is 42.4 Å². The molecule has 3 aromatic carbocycles. The molecule has 3 heterocycles. The lowest BCUT2D eigenvalue weighted by Crippen LogP contribution is -2.35. The van der Waals surface area contributed by atoms with E-state index in [0.717, 1.165) is 21.5 Å². The van der Waals surface area contributed by atoms with E-state index in [0.29, 0.717) is 17.2 Å². The van der Waals surface area contributed by atoms with Gasteiger partial charge in [-0.2, -0.15) is 4.57 Å². The summed E-state index contributed by atoms with van der Waals surface area (Å²) in [5.41, 5.74) is 3.74. The van der Waals surface area contributed by atoms with Gasteiger partial charge in [-0.25, -0.2) is 4.79 Å². The third-order valence-corrected chi connectivity index (χ3v) is 8.83. The molecular formula is C32H28ClN4O6S+. The van der Waals surface area contributed by atoms with E-state index in [-0.39, 0.29) is 36.5 Å². The number of hydrogen-bond donors (Lipinski definition) is 0. The molecule has 1 saturated heterocycles. The van der Waals surface area contributed by atoms with Crippen LogP contribution < -0.4 is 9.47 Å². The number of benzene rings is 3. The molecule has 1 unspecified atom stereocenters. The van der Waals surface area contributed by atoms with Crippen LogP contribution in [-0.4, -0.2) is 34.8 Å². The van der Waals surface area contributed by atoms with Crippen LogP contribution in [0.3, 0.4) is 0 Å². The van der Waals surface area contributed by atoms with Crippen molar-refractivity contribution in [2.24, 2.45) is 0 Å². The third kappa shape index (κ3) is 5.76. The van der Waals surface area contributed by atoms with Gasteiger partial charge in [0.15, 0.2) is 12.7 Å². The number of rotatable bonds is 7. The van der Waals surface area contributed by atoms with Gasteiger partial charge in [-0.3, -0.25) is 19.7 Å². The maximum absolute atomic E-state index is 12.7. The van der Waals surface area contributed by atoms with Gasteiger partial charge in [-0.1, -0.05) is 48.2 Å². The predicted octanol–water partition coefficient (Wildman–Crippen LogP) is 5.76. The highest BCUT2D eigenvalue weighted by Gasteiger charge is 2.35. The standard InChI is InChI=1S/C32H27N4O6S.ClH/c1-20(32(39)42-35-29(37)13-14-30(35)38)23-12-11-21(17-27(23)36(40)41)19-34-16-15-22(24-7-3-4-8-25(24)34)18-31-33(2)26-9-5-6-10-28(26)43-31;/h3-12,15-18,20H,13-14,19H2,1-2H3;1H/q+1;. The Bertz CT molecular complexity index is 1850. The van der Waals surface area contributed by atoms with Gasteiger partial charge in [-0.15, -0.1) is 17.5 Å². The van der Waals surface area contributed by atoms with Gasteiger partial charge in [-0.05, 0) is 36.8 Å². The number of amides is 2. The second kappa shape index (κ2) is 12.5. The van der Waals surface area contributed by atoms with Gasteiger partial charge in [0.2, 0.25) is 5.52 Å². The minimum absolute atomic E-state index is 0. The van der Waals surface area contributed by atoms with Crippen LogP contribution in [0.4, 0.5) is 11.4 Å². The van der Waals surface area contributed by atoms with Crippen LogP contribution in [0, 0.1) is 10.1 Å². The molecule has 0 bridgehead atoms. The van der Waals surface area contributed by atoms with Crippen LogP contribution in [0.5, 0.6) is 0 Å². The number of para-hydroxylation sites is 2. The number of hydrogen-bond acceptors (Lipinski definition) is 8. The lowest BCUT2D eigenvalue weighted by atomic mass is 9.97. The molecule has 2 amide bonds. The summed E-state index contributed by atoms with van der Waals surface area (Å²) in [6, 6.07) is 23.0. The number of pyridine rings is 1. The SMILES string of the molecule is CC(C(=O)ON1C(=O)CCC1=O)c1ccc(C[n+]2ccc(/C=C3\Sc4ccccc4N3C)c3ccccc32)cc1[N+](=O)[O-].Cl. The molecule has 0 N–H and O–H groups in total. The number of aromatic nitrogens is 1. The van der Waals surface area contributed by atoms with Gasteiger partial charge in [0.05, 0.1) is 26.9 Å². The Hall–Kier alpha value is -4.74. The molecule has 1 fully saturated rings. The van der Waals surface area contributed by atoms with E-state index in [9.17, 15) is 24.5 Å². The fourth-order valence-corrected chi connectivity index (χ4v) is 6.42. The quantitative estimate of drug-likeness (QED) is 0.110. The average molecular weight is 632 g/mol. The summed E-state index contributed by atoms with van der Waals surface area (Å²) in [6.07, 6.45) is 4.06. The minimum Gasteiger partial charge on any atom is -0.338 e. The maximum Gasteiger partial charge on any atom is 0.340 e. The van der Waals surface area contributed by atoms with Gasteiger partial charge >= 0.3 is 5.97 Å². The Labute approximate surface area is 263 Å². The number of halogens is 1. The van der Waals surface area contributed by atoms with E-state index in [1.54, 1.807) is 17.8 Å². The molecule has 6 rings (SSSR count). The zero-order valence-electron chi connectivity index (χ0n) is 23.8. The van der Waals surface area contributed by atoms with Crippen molar-refractivity contribution in [1.29, 1.82) is 0 Å². The molecule has 44 heavy (non-hydrogen) atoms. The molecule has 1 atom stereocenters. The number of anilines is 1. The molecule has 10 nitrogen and oxygen atoms in total. The number of thioether (sulfide) groups is 1. The molecule has 0 radical (unpaired) electrons. The summed E-state index contributed by atoms with van der Waals surface area (Å²) in [4.78, 5) is 56.3.